The summed E-state index contributed by atoms with van der Waals surface area (Å²) in [6.45, 7) is -2.07. The molecular formula is C84H70N16O22. The molecule has 15 rings (SSSR count). The highest BCUT2D eigenvalue weighted by molar-refractivity contribution is 6.31. The van der Waals surface area contributed by atoms with Crippen LogP contribution in [0.3, 0.4) is 0 Å². The van der Waals surface area contributed by atoms with Gasteiger partial charge < -0.3 is 36.4 Å². The Balaban J connectivity index is 0.594. The Morgan fingerprint density at radius 3 is 0.746 bits per heavy atom. The van der Waals surface area contributed by atoms with E-state index in [0.29, 0.717) is 16.5 Å². The molecule has 0 unspecified atom stereocenters. The summed E-state index contributed by atoms with van der Waals surface area (Å²) in [5.74, 6) is -9.29. The molecule has 5 aliphatic rings. The van der Waals surface area contributed by atoms with Gasteiger partial charge in [-0.1, -0.05) is 36.4 Å². The van der Waals surface area contributed by atoms with Crippen molar-refractivity contribution in [3.63, 3.8) is 0 Å². The van der Waals surface area contributed by atoms with Gasteiger partial charge in [-0.2, -0.15) is 0 Å². The molecule has 38 heteroatoms. The van der Waals surface area contributed by atoms with Crippen LogP contribution in [0.5, 0.6) is 0 Å². The molecule has 0 saturated heterocycles. The lowest BCUT2D eigenvalue weighted by atomic mass is 9.93. The summed E-state index contributed by atoms with van der Waals surface area (Å²) >= 11 is 0. The summed E-state index contributed by atoms with van der Waals surface area (Å²) in [4.78, 5) is 247. The van der Waals surface area contributed by atoms with Gasteiger partial charge in [-0.25, -0.2) is 0 Å². The average Bonchev–Trinajstić information content (AvgIpc) is 0.747. The van der Waals surface area contributed by atoms with E-state index in [4.69, 9.17) is 0 Å². The Bertz CT molecular complexity index is 5930. The fourth-order valence-corrected chi connectivity index (χ4v) is 16.4. The number of carbonyl (C=O) groups is 14. The molecule has 0 aliphatic carbocycles. The standard InChI is InChI=1S/C84H70N16O22/c101-66(86-31-40-92-75(105)52-12-2-7-47-62(97(115)116)22-17-57(71(47)52)80(92)110)26-35-90(36-27-67(102)87-32-41-93-76(106)53-13-3-8-48-63(98(117)118)23-18-58(72(48)53)81(93)111)39-30-85-61-21-16-56-70-46(61)6-1-11-51(70)79(109)96(84(56)114)45-44-91(37-28-68(103)88-33-42-94-77(107)54-14-4-9-49-64(99(119)120)24-19-59(73(49)54)82(94)112)38-29-69(104)89-34-43-95-78(108)55-15-5-10-50-65(100(121)122)25-20-60(74(50)55)83(95)113/h1-25,85H,26-45H2,(H,86,101)(H,87,102)(H,88,103)(H,89,104). The van der Waals surface area contributed by atoms with Crippen molar-refractivity contribution in [1.82, 2.24) is 55.6 Å². The van der Waals surface area contributed by atoms with Gasteiger partial charge in [0.1, 0.15) is 0 Å². The number of amides is 14. The number of benzene rings is 10. The molecule has 5 heterocycles. The zero-order chi connectivity index (χ0) is 86.2. The predicted molar refractivity (Wildman–Crippen MR) is 435 cm³/mol. The van der Waals surface area contributed by atoms with Crippen LogP contribution in [0, 0.1) is 40.5 Å². The second kappa shape index (κ2) is 33.8. The molecule has 0 saturated carbocycles. The van der Waals surface area contributed by atoms with Crippen LogP contribution in [0.25, 0.3) is 53.9 Å². The van der Waals surface area contributed by atoms with Crippen molar-refractivity contribution in [2.75, 3.05) is 110 Å². The number of hydrogen-bond acceptors (Lipinski definition) is 25. The van der Waals surface area contributed by atoms with Crippen molar-refractivity contribution < 1.29 is 86.8 Å². The Morgan fingerprint density at radius 1 is 0.262 bits per heavy atom. The van der Waals surface area contributed by atoms with Crippen LogP contribution in [-0.4, -0.2) is 241 Å². The molecule has 0 bridgehead atoms. The fraction of sp³-hybridized carbons (Fsp3) is 0.238. The maximum absolute atomic E-state index is 14.7. The lowest BCUT2D eigenvalue weighted by Crippen LogP contribution is -2.46. The highest BCUT2D eigenvalue weighted by atomic mass is 16.6. The highest BCUT2D eigenvalue weighted by Crippen LogP contribution is 2.41. The monoisotopic (exact) mass is 1650 g/mol. The van der Waals surface area contributed by atoms with Gasteiger partial charge in [0.15, 0.2) is 0 Å². The van der Waals surface area contributed by atoms with Gasteiger partial charge in [-0.3, -0.25) is 132 Å². The van der Waals surface area contributed by atoms with E-state index in [2.05, 4.69) is 26.6 Å². The molecule has 0 spiro atoms. The largest absolute Gasteiger partial charge is 0.383 e. The number of carbonyl (C=O) groups excluding carboxylic acids is 14. The molecule has 14 amide bonds. The molecule has 0 radical (unpaired) electrons. The van der Waals surface area contributed by atoms with Crippen LogP contribution >= 0.6 is 0 Å². The molecule has 5 aliphatic heterocycles. The molecule has 0 aromatic heterocycles. The minimum absolute atomic E-state index is 0.0363. The van der Waals surface area contributed by atoms with E-state index < -0.39 is 102 Å². The molecule has 0 atom stereocenters. The summed E-state index contributed by atoms with van der Waals surface area (Å²) in [6, 6.07) is 35.3. The van der Waals surface area contributed by atoms with E-state index >= 15 is 0 Å². The number of imide groups is 5. The van der Waals surface area contributed by atoms with Gasteiger partial charge >= 0.3 is 0 Å². The van der Waals surface area contributed by atoms with Crippen molar-refractivity contribution in [2.24, 2.45) is 0 Å². The Hall–Kier alpha value is -15.6. The summed E-state index contributed by atoms with van der Waals surface area (Å²) in [7, 11) is 0. The first-order valence-electron chi connectivity index (χ1n) is 38.6. The topological polar surface area (TPSA) is 494 Å². The molecule has 122 heavy (non-hydrogen) atoms. The lowest BCUT2D eigenvalue weighted by Gasteiger charge is -2.30. The van der Waals surface area contributed by atoms with E-state index in [-0.39, 0.29) is 252 Å². The van der Waals surface area contributed by atoms with Gasteiger partial charge in [-0.05, 0) is 91.0 Å². The van der Waals surface area contributed by atoms with Crippen molar-refractivity contribution >= 4 is 165 Å². The van der Waals surface area contributed by atoms with Crippen LogP contribution in [0.1, 0.15) is 129 Å². The number of anilines is 1. The summed E-state index contributed by atoms with van der Waals surface area (Å²) in [5.41, 5.74) is 0.120. The molecule has 0 fully saturated rings. The van der Waals surface area contributed by atoms with Crippen molar-refractivity contribution in [3.05, 3.63) is 248 Å². The summed E-state index contributed by atoms with van der Waals surface area (Å²) < 4.78 is 0. The van der Waals surface area contributed by atoms with Crippen LogP contribution < -0.4 is 26.6 Å². The Morgan fingerprint density at radius 2 is 0.484 bits per heavy atom. The first-order chi connectivity index (χ1) is 58.7. The molecule has 5 N–H and O–H groups in total. The fourth-order valence-electron chi connectivity index (χ4n) is 16.4. The van der Waals surface area contributed by atoms with E-state index in [1.165, 1.54) is 127 Å². The summed E-state index contributed by atoms with van der Waals surface area (Å²) in [5, 5.41) is 63.3. The van der Waals surface area contributed by atoms with E-state index in [1.54, 1.807) is 34.1 Å². The smallest absolute Gasteiger partial charge is 0.277 e. The van der Waals surface area contributed by atoms with Gasteiger partial charge in [0.2, 0.25) is 23.6 Å². The number of nitro benzene ring substituents is 4. The number of non-ortho nitro benzene ring substituents is 4. The first kappa shape index (κ1) is 81.5. The Labute approximate surface area is 687 Å². The van der Waals surface area contributed by atoms with Gasteiger partial charge in [0.05, 0.1) is 41.2 Å². The van der Waals surface area contributed by atoms with Crippen molar-refractivity contribution in [3.8, 4) is 0 Å². The SMILES string of the molecule is O=C(CCN(CCNc1ccc2c3c(cccc13)C(=O)N(CCN(CCC(=O)NCCN1C(=O)c3cccc4c([N+](=O)[O-])ccc(c34)C1=O)CCC(=O)NCCN1C(=O)c3cccc4c([N+](=O)[O-])ccc(c34)C1=O)C2=O)CCC(=O)NCCN1C(=O)c2cccc3c([N+](=O)[O-])ccc(c23)C1=O)NCCN1C(=O)c2cccc3c([N+](=O)[O-])ccc(c23)C1=O. The molecule has 10 aromatic carbocycles. The second-order valence-corrected chi connectivity index (χ2v) is 29.2. The average molecular weight is 1660 g/mol. The van der Waals surface area contributed by atoms with E-state index in [1.807, 2.05) is 0 Å². The maximum atomic E-state index is 14.7. The minimum atomic E-state index is -0.733. The van der Waals surface area contributed by atoms with Gasteiger partial charge in [-0.15, -0.1) is 0 Å². The third-order valence-electron chi connectivity index (χ3n) is 22.3. The van der Waals surface area contributed by atoms with E-state index in [9.17, 15) is 108 Å². The number of rotatable bonds is 35. The van der Waals surface area contributed by atoms with Crippen LogP contribution in [0.15, 0.2) is 152 Å². The highest BCUT2D eigenvalue weighted by Gasteiger charge is 2.41. The van der Waals surface area contributed by atoms with Gasteiger partial charge in [0.25, 0.3) is 81.8 Å². The zero-order valence-corrected chi connectivity index (χ0v) is 64.5. The van der Waals surface area contributed by atoms with Crippen LogP contribution in [-0.2, 0) is 19.2 Å². The minimum Gasteiger partial charge on any atom is -0.383 e. The molecule has 10 aromatic rings. The molecule has 38 nitrogen and oxygen atoms in total. The third kappa shape index (κ3) is 15.3. The quantitative estimate of drug-likeness (QED) is 0.0153. The van der Waals surface area contributed by atoms with Crippen molar-refractivity contribution in [1.29, 1.82) is 0 Å². The maximum Gasteiger partial charge on any atom is 0.277 e. The number of hydrogen-bond donors (Lipinski definition) is 5. The number of nitrogens with zero attached hydrogens (tertiary/aromatic N) is 11. The van der Waals surface area contributed by atoms with Crippen LogP contribution in [0.2, 0.25) is 0 Å². The van der Waals surface area contributed by atoms with Gasteiger partial charge in [0, 0.05) is 248 Å². The molecular weight excluding hydrogens is 1590 g/mol. The number of nitro groups is 4. The van der Waals surface area contributed by atoms with Crippen LogP contribution in [0.4, 0.5) is 28.4 Å². The normalized spacial score (nSPS) is 14.0. The zero-order valence-electron chi connectivity index (χ0n) is 64.5. The Kier molecular flexibility index (Phi) is 22.6. The lowest BCUT2D eigenvalue weighted by molar-refractivity contribution is -0.383. The first-order valence-corrected chi connectivity index (χ1v) is 38.6. The van der Waals surface area contributed by atoms with Crippen molar-refractivity contribution in [2.45, 2.75) is 25.7 Å². The third-order valence-corrected chi connectivity index (χ3v) is 22.3. The predicted octanol–water partition coefficient (Wildman–Crippen LogP) is 6.91. The molecule has 618 valence electrons. The van der Waals surface area contributed by atoms with E-state index in [0.717, 1.165) is 24.5 Å². The summed E-state index contributed by atoms with van der Waals surface area (Å²) in [6.07, 6.45) is -0.836. The number of nitrogens with one attached hydrogen (secondary N) is 5. The second-order valence-electron chi connectivity index (χ2n) is 29.2.